The molecule has 0 aliphatic carbocycles. The van der Waals surface area contributed by atoms with Gasteiger partial charge in [-0.3, -0.25) is 0 Å². The highest BCUT2D eigenvalue weighted by atomic mass is 32.2. The van der Waals surface area contributed by atoms with Gasteiger partial charge in [-0.15, -0.1) is 0 Å². The first-order valence-electron chi connectivity index (χ1n) is 8.60. The van der Waals surface area contributed by atoms with Gasteiger partial charge in [0, 0.05) is 13.1 Å². The number of hydrazone groups is 1. The van der Waals surface area contributed by atoms with Crippen LogP contribution in [0.25, 0.3) is 0 Å². The molecule has 0 aromatic heterocycles. The van der Waals surface area contributed by atoms with Gasteiger partial charge in [0.05, 0.1) is 25.3 Å². The van der Waals surface area contributed by atoms with Gasteiger partial charge in [-0.2, -0.15) is 9.41 Å². The molecule has 0 fully saturated rings. The summed E-state index contributed by atoms with van der Waals surface area (Å²) in [5.74, 6) is 6.60. The summed E-state index contributed by atoms with van der Waals surface area (Å²) in [6, 6.07) is 14.5. The first-order valence-corrected chi connectivity index (χ1v) is 10.0. The van der Waals surface area contributed by atoms with Gasteiger partial charge in [-0.1, -0.05) is 30.3 Å². The Morgan fingerprint density at radius 1 is 0.964 bits per heavy atom. The van der Waals surface area contributed by atoms with Gasteiger partial charge in [-0.25, -0.2) is 8.42 Å². The van der Waals surface area contributed by atoms with Crippen LogP contribution in [0.3, 0.4) is 0 Å². The molecule has 2 aromatic rings. The molecule has 0 spiro atoms. The largest absolute Gasteiger partial charge is 0.497 e. The Hall–Kier alpha value is -2.84. The number of sulfonamides is 1. The number of allylic oxidation sites excluding steroid dienone is 2. The zero-order valence-corrected chi connectivity index (χ0v) is 17.0. The van der Waals surface area contributed by atoms with Crippen LogP contribution in [0.1, 0.15) is 18.1 Å². The molecule has 0 bridgehead atoms. The molecular weight excluding hydrogens is 378 g/mol. The first kappa shape index (κ1) is 21.5. The number of nitrogens with zero attached hydrogens (tertiary/aromatic N) is 2. The topological polar surface area (TPSA) is 94.2 Å². The van der Waals surface area contributed by atoms with Crippen molar-refractivity contribution < 1.29 is 17.9 Å². The maximum Gasteiger partial charge on any atom is 0.244 e. The van der Waals surface area contributed by atoms with E-state index < -0.39 is 10.0 Å². The highest BCUT2D eigenvalue weighted by Gasteiger charge is 2.26. The standard InChI is InChI=1S/C20H25N3O4S/c1-4-20(13-22-21)28(24,25)23(14-16-5-9-18(26-2)10-6-16)15-17-7-11-19(27-3)12-8-17/h4-13H,14-15,21H2,1-3H3/b20-4+,22-13-. The van der Waals surface area contributed by atoms with Gasteiger partial charge >= 0.3 is 0 Å². The highest BCUT2D eigenvalue weighted by Crippen LogP contribution is 2.22. The summed E-state index contributed by atoms with van der Waals surface area (Å²) in [4.78, 5) is 0.0389. The van der Waals surface area contributed by atoms with E-state index >= 15 is 0 Å². The molecule has 7 nitrogen and oxygen atoms in total. The van der Waals surface area contributed by atoms with Crippen LogP contribution < -0.4 is 15.3 Å². The Morgan fingerprint density at radius 3 is 1.71 bits per heavy atom. The lowest BCUT2D eigenvalue weighted by Gasteiger charge is -2.23. The van der Waals surface area contributed by atoms with Gasteiger partial charge in [0.25, 0.3) is 0 Å². The fourth-order valence-electron chi connectivity index (χ4n) is 2.61. The monoisotopic (exact) mass is 403 g/mol. The lowest BCUT2D eigenvalue weighted by atomic mass is 10.2. The van der Waals surface area contributed by atoms with Crippen LogP contribution in [0.2, 0.25) is 0 Å². The number of hydrogen-bond donors (Lipinski definition) is 1. The minimum absolute atomic E-state index is 0.0389. The maximum absolute atomic E-state index is 13.2. The van der Waals surface area contributed by atoms with Crippen molar-refractivity contribution in [2.24, 2.45) is 10.9 Å². The second-order valence-corrected chi connectivity index (χ2v) is 7.88. The van der Waals surface area contributed by atoms with Crippen molar-refractivity contribution in [1.82, 2.24) is 4.31 Å². The van der Waals surface area contributed by atoms with E-state index in [9.17, 15) is 8.42 Å². The van der Waals surface area contributed by atoms with Gasteiger partial charge in [0.15, 0.2) is 0 Å². The number of hydrogen-bond acceptors (Lipinski definition) is 6. The van der Waals surface area contributed by atoms with Gasteiger partial charge in [0.1, 0.15) is 11.5 Å². The number of nitrogens with two attached hydrogens (primary N) is 1. The normalized spacial score (nSPS) is 12.5. The number of benzene rings is 2. The van der Waals surface area contributed by atoms with Crippen molar-refractivity contribution in [2.45, 2.75) is 20.0 Å². The molecule has 0 atom stereocenters. The van der Waals surface area contributed by atoms with E-state index in [0.717, 1.165) is 17.3 Å². The molecule has 2 N–H and O–H groups in total. The summed E-state index contributed by atoms with van der Waals surface area (Å²) in [7, 11) is -0.634. The zero-order chi connectivity index (χ0) is 20.6. The van der Waals surface area contributed by atoms with E-state index in [1.54, 1.807) is 45.4 Å². The van der Waals surface area contributed by atoms with E-state index in [4.69, 9.17) is 15.3 Å². The van der Waals surface area contributed by atoms with Crippen LogP contribution in [0, 0.1) is 0 Å². The molecule has 0 radical (unpaired) electrons. The third-order valence-corrected chi connectivity index (χ3v) is 6.03. The lowest BCUT2D eigenvalue weighted by molar-refractivity contribution is 0.402. The molecule has 8 heteroatoms. The molecule has 0 amide bonds. The Morgan fingerprint density at radius 2 is 1.39 bits per heavy atom. The Bertz CT molecular complexity index is 871. The van der Waals surface area contributed by atoms with E-state index in [2.05, 4.69) is 5.10 Å². The van der Waals surface area contributed by atoms with Gasteiger partial charge < -0.3 is 15.3 Å². The quantitative estimate of drug-likeness (QED) is 0.395. The summed E-state index contributed by atoms with van der Waals surface area (Å²) >= 11 is 0. The molecule has 0 saturated heterocycles. The van der Waals surface area contributed by atoms with Crippen LogP contribution >= 0.6 is 0 Å². The fraction of sp³-hybridized carbons (Fsp3) is 0.250. The van der Waals surface area contributed by atoms with Gasteiger partial charge in [0.2, 0.25) is 10.0 Å². The summed E-state index contributed by atoms with van der Waals surface area (Å²) < 4.78 is 38.0. The number of methoxy groups -OCH3 is 2. The minimum atomic E-state index is -3.80. The third kappa shape index (κ3) is 5.34. The van der Waals surface area contributed by atoms with Crippen molar-refractivity contribution in [3.05, 3.63) is 70.6 Å². The lowest BCUT2D eigenvalue weighted by Crippen LogP contribution is -2.31. The number of ether oxygens (including phenoxy) is 2. The smallest absolute Gasteiger partial charge is 0.244 e. The van der Waals surface area contributed by atoms with E-state index in [1.165, 1.54) is 10.4 Å². The molecule has 2 aromatic carbocycles. The van der Waals surface area contributed by atoms with Crippen LogP contribution in [0.15, 0.2) is 64.6 Å². The second-order valence-electron chi connectivity index (χ2n) is 5.94. The molecule has 2 rings (SSSR count). The summed E-state index contributed by atoms with van der Waals surface area (Å²) in [5.41, 5.74) is 1.66. The Kier molecular flexibility index (Phi) is 7.60. The average molecular weight is 404 g/mol. The molecule has 28 heavy (non-hydrogen) atoms. The van der Waals surface area contributed by atoms with E-state index in [-0.39, 0.29) is 18.0 Å². The minimum Gasteiger partial charge on any atom is -0.497 e. The van der Waals surface area contributed by atoms with Crippen LogP contribution in [0.5, 0.6) is 11.5 Å². The zero-order valence-electron chi connectivity index (χ0n) is 16.2. The second kappa shape index (κ2) is 9.91. The van der Waals surface area contributed by atoms with E-state index in [1.807, 2.05) is 24.3 Å². The summed E-state index contributed by atoms with van der Waals surface area (Å²) in [6.07, 6.45) is 2.62. The Balaban J connectivity index is 2.37. The maximum atomic E-state index is 13.2. The summed E-state index contributed by atoms with van der Waals surface area (Å²) in [5, 5.41) is 3.38. The first-order chi connectivity index (χ1) is 13.4. The van der Waals surface area contributed by atoms with Crippen molar-refractivity contribution >= 4 is 16.2 Å². The average Bonchev–Trinajstić information content (AvgIpc) is 2.72. The molecule has 0 aliphatic rings. The van der Waals surface area contributed by atoms with Crippen LogP contribution in [-0.2, 0) is 23.1 Å². The summed E-state index contributed by atoms with van der Waals surface area (Å²) in [6.45, 7) is 2.01. The van der Waals surface area contributed by atoms with Crippen molar-refractivity contribution in [1.29, 1.82) is 0 Å². The van der Waals surface area contributed by atoms with Crippen molar-refractivity contribution in [3.63, 3.8) is 0 Å². The van der Waals surface area contributed by atoms with E-state index in [0.29, 0.717) is 11.5 Å². The SMILES string of the molecule is C/C=C(\C=N/N)S(=O)(=O)N(Cc1ccc(OC)cc1)Cc1ccc(OC)cc1. The highest BCUT2D eigenvalue weighted by molar-refractivity contribution is 7.93. The molecule has 0 aliphatic heterocycles. The van der Waals surface area contributed by atoms with Crippen molar-refractivity contribution in [2.75, 3.05) is 14.2 Å². The number of rotatable bonds is 9. The fourth-order valence-corrected chi connectivity index (χ4v) is 4.04. The molecular formula is C20H25N3O4S. The Labute approximate surface area is 166 Å². The van der Waals surface area contributed by atoms with Crippen LogP contribution in [-0.4, -0.2) is 33.2 Å². The molecule has 0 unspecified atom stereocenters. The van der Waals surface area contributed by atoms with Crippen LogP contribution in [0.4, 0.5) is 0 Å². The predicted molar refractivity (Wildman–Crippen MR) is 111 cm³/mol. The molecule has 0 saturated carbocycles. The molecule has 150 valence electrons. The third-order valence-electron chi connectivity index (χ3n) is 4.16. The molecule has 0 heterocycles. The van der Waals surface area contributed by atoms with Crippen molar-refractivity contribution in [3.8, 4) is 11.5 Å². The van der Waals surface area contributed by atoms with Gasteiger partial charge in [-0.05, 0) is 42.3 Å². The predicted octanol–water partition coefficient (Wildman–Crippen LogP) is 2.88.